The van der Waals surface area contributed by atoms with E-state index in [2.05, 4.69) is 37.5 Å². The number of aromatic nitrogens is 1. The molecule has 0 amide bonds. The zero-order valence-corrected chi connectivity index (χ0v) is 10.9. The van der Waals surface area contributed by atoms with Crippen molar-refractivity contribution in [1.29, 1.82) is 0 Å². The van der Waals surface area contributed by atoms with Gasteiger partial charge in [-0.1, -0.05) is 12.1 Å². The number of hydrogen-bond acceptors (Lipinski definition) is 1. The van der Waals surface area contributed by atoms with Gasteiger partial charge in [0.15, 0.2) is 0 Å². The minimum atomic E-state index is 0.215. The molecule has 1 heterocycles. The Morgan fingerprint density at radius 2 is 2.06 bits per heavy atom. The molecule has 17 heavy (non-hydrogen) atoms. The molecule has 0 aliphatic heterocycles. The van der Waals surface area contributed by atoms with Crippen molar-refractivity contribution in [2.75, 3.05) is 0 Å². The summed E-state index contributed by atoms with van der Waals surface area (Å²) in [4.78, 5) is 11.3. The molecule has 90 valence electrons. The monoisotopic (exact) mass is 229 g/mol. The van der Waals surface area contributed by atoms with Crippen LogP contribution in [0, 0.1) is 6.92 Å². The van der Waals surface area contributed by atoms with E-state index in [0.717, 1.165) is 5.56 Å². The number of hydrogen-bond donors (Lipinski definition) is 0. The van der Waals surface area contributed by atoms with Crippen LogP contribution in [0.3, 0.4) is 0 Å². The third kappa shape index (κ3) is 2.12. The summed E-state index contributed by atoms with van der Waals surface area (Å²) in [5, 5.41) is 1.22. The summed E-state index contributed by atoms with van der Waals surface area (Å²) in [5.74, 6) is 0.215. The normalized spacial score (nSPS) is 11.4. The molecule has 0 spiro atoms. The van der Waals surface area contributed by atoms with Gasteiger partial charge in [0.1, 0.15) is 5.78 Å². The second-order valence-corrected chi connectivity index (χ2v) is 4.98. The average molecular weight is 229 g/mol. The highest BCUT2D eigenvalue weighted by Gasteiger charge is 2.11. The van der Waals surface area contributed by atoms with Gasteiger partial charge >= 0.3 is 0 Å². The molecule has 1 aromatic carbocycles. The fourth-order valence-electron chi connectivity index (χ4n) is 2.55. The molecule has 0 unspecified atom stereocenters. The van der Waals surface area contributed by atoms with Gasteiger partial charge in [0, 0.05) is 29.1 Å². The van der Waals surface area contributed by atoms with E-state index in [1.54, 1.807) is 6.92 Å². The molecule has 2 rings (SSSR count). The van der Waals surface area contributed by atoms with Crippen molar-refractivity contribution in [2.45, 2.75) is 40.2 Å². The Hall–Kier alpha value is -1.57. The molecule has 0 saturated carbocycles. The minimum Gasteiger partial charge on any atom is -0.342 e. The van der Waals surface area contributed by atoms with Crippen LogP contribution in [0.4, 0.5) is 0 Å². The molecule has 0 N–H and O–H groups in total. The highest BCUT2D eigenvalue weighted by molar-refractivity contribution is 5.89. The summed E-state index contributed by atoms with van der Waals surface area (Å²) in [7, 11) is 0. The highest BCUT2D eigenvalue weighted by atomic mass is 16.1. The summed E-state index contributed by atoms with van der Waals surface area (Å²) >= 11 is 0. The standard InChI is InChI=1S/C15H19NO/c1-10(2)16-11(3)8-14-13(9-12(4)17)6-5-7-15(14)16/h5-8,10H,9H2,1-4H3. The van der Waals surface area contributed by atoms with Gasteiger partial charge in [0.05, 0.1) is 0 Å². The first-order valence-electron chi connectivity index (χ1n) is 6.09. The number of fused-ring (bicyclic) bond motifs is 1. The van der Waals surface area contributed by atoms with Crippen LogP contribution in [0.1, 0.15) is 38.1 Å². The summed E-state index contributed by atoms with van der Waals surface area (Å²) in [6.07, 6.45) is 0.527. The number of benzene rings is 1. The van der Waals surface area contributed by atoms with Gasteiger partial charge in [-0.25, -0.2) is 0 Å². The van der Waals surface area contributed by atoms with Crippen molar-refractivity contribution in [3.05, 3.63) is 35.5 Å². The van der Waals surface area contributed by atoms with E-state index in [1.165, 1.54) is 16.6 Å². The first-order chi connectivity index (χ1) is 8.00. The van der Waals surface area contributed by atoms with E-state index >= 15 is 0 Å². The Labute approximate surface area is 102 Å². The second-order valence-electron chi connectivity index (χ2n) is 4.98. The Morgan fingerprint density at radius 3 is 2.65 bits per heavy atom. The van der Waals surface area contributed by atoms with E-state index in [4.69, 9.17) is 0 Å². The number of carbonyl (C=O) groups is 1. The van der Waals surface area contributed by atoms with Crippen LogP contribution in [-0.4, -0.2) is 10.4 Å². The number of nitrogens with zero attached hydrogens (tertiary/aromatic N) is 1. The van der Waals surface area contributed by atoms with Crippen LogP contribution >= 0.6 is 0 Å². The Morgan fingerprint density at radius 1 is 1.35 bits per heavy atom. The fourth-order valence-corrected chi connectivity index (χ4v) is 2.55. The topological polar surface area (TPSA) is 22.0 Å². The number of aryl methyl sites for hydroxylation is 1. The van der Waals surface area contributed by atoms with Gasteiger partial charge in [-0.05, 0) is 45.4 Å². The van der Waals surface area contributed by atoms with Crippen LogP contribution in [0.25, 0.3) is 10.9 Å². The van der Waals surface area contributed by atoms with Gasteiger partial charge in [-0.2, -0.15) is 0 Å². The summed E-state index contributed by atoms with van der Waals surface area (Å²) in [6.45, 7) is 8.14. The highest BCUT2D eigenvalue weighted by Crippen LogP contribution is 2.26. The van der Waals surface area contributed by atoms with E-state index in [-0.39, 0.29) is 5.78 Å². The van der Waals surface area contributed by atoms with Crippen LogP contribution < -0.4 is 0 Å². The van der Waals surface area contributed by atoms with E-state index in [0.29, 0.717) is 12.5 Å². The smallest absolute Gasteiger partial charge is 0.134 e. The molecule has 0 bridgehead atoms. The third-order valence-electron chi connectivity index (χ3n) is 3.12. The van der Waals surface area contributed by atoms with Crippen LogP contribution in [0.15, 0.2) is 24.3 Å². The fraction of sp³-hybridized carbons (Fsp3) is 0.400. The van der Waals surface area contributed by atoms with Crippen molar-refractivity contribution in [3.63, 3.8) is 0 Å². The lowest BCUT2D eigenvalue weighted by Crippen LogP contribution is -2.02. The average Bonchev–Trinajstić information content (AvgIpc) is 2.54. The summed E-state index contributed by atoms with van der Waals surface area (Å²) in [5.41, 5.74) is 3.62. The van der Waals surface area contributed by atoms with Crippen molar-refractivity contribution >= 4 is 16.7 Å². The summed E-state index contributed by atoms with van der Waals surface area (Å²) < 4.78 is 2.32. The minimum absolute atomic E-state index is 0.215. The summed E-state index contributed by atoms with van der Waals surface area (Å²) in [6, 6.07) is 8.85. The van der Waals surface area contributed by atoms with Crippen molar-refractivity contribution < 1.29 is 4.79 Å². The quantitative estimate of drug-likeness (QED) is 0.787. The first kappa shape index (κ1) is 11.9. The van der Waals surface area contributed by atoms with Crippen LogP contribution in [0.5, 0.6) is 0 Å². The molecule has 1 aromatic heterocycles. The van der Waals surface area contributed by atoms with Gasteiger partial charge in [-0.15, -0.1) is 0 Å². The number of rotatable bonds is 3. The van der Waals surface area contributed by atoms with Gasteiger partial charge in [-0.3, -0.25) is 4.79 Å². The number of Topliss-reactive ketones (excluding diaryl/α,β-unsaturated/α-hetero) is 1. The predicted octanol–water partition coefficient (Wildman–Crippen LogP) is 3.66. The lowest BCUT2D eigenvalue weighted by Gasteiger charge is -2.12. The number of carbonyl (C=O) groups excluding carboxylic acids is 1. The molecule has 2 nitrogen and oxygen atoms in total. The van der Waals surface area contributed by atoms with E-state index in [9.17, 15) is 4.79 Å². The van der Waals surface area contributed by atoms with E-state index in [1.807, 2.05) is 12.1 Å². The molecular formula is C15H19NO. The van der Waals surface area contributed by atoms with Crippen LogP contribution in [0.2, 0.25) is 0 Å². The van der Waals surface area contributed by atoms with Crippen molar-refractivity contribution in [3.8, 4) is 0 Å². The molecule has 0 aliphatic carbocycles. The molecule has 0 atom stereocenters. The SMILES string of the molecule is CC(=O)Cc1cccc2c1cc(C)n2C(C)C. The number of ketones is 1. The van der Waals surface area contributed by atoms with Gasteiger partial charge < -0.3 is 4.57 Å². The maximum atomic E-state index is 11.3. The largest absolute Gasteiger partial charge is 0.342 e. The molecule has 2 heteroatoms. The lowest BCUT2D eigenvalue weighted by atomic mass is 10.1. The maximum absolute atomic E-state index is 11.3. The molecule has 0 aliphatic rings. The molecule has 0 fully saturated rings. The third-order valence-corrected chi connectivity index (χ3v) is 3.12. The Kier molecular flexibility index (Phi) is 3.05. The molecule has 0 radical (unpaired) electrons. The van der Waals surface area contributed by atoms with Crippen molar-refractivity contribution in [1.82, 2.24) is 4.57 Å². The zero-order valence-electron chi connectivity index (χ0n) is 10.9. The molecule has 2 aromatic rings. The molecule has 0 saturated heterocycles. The van der Waals surface area contributed by atoms with Crippen LogP contribution in [-0.2, 0) is 11.2 Å². The lowest BCUT2D eigenvalue weighted by molar-refractivity contribution is -0.116. The van der Waals surface area contributed by atoms with Gasteiger partial charge in [0.25, 0.3) is 0 Å². The Balaban J connectivity index is 2.66. The molecular weight excluding hydrogens is 210 g/mol. The van der Waals surface area contributed by atoms with Gasteiger partial charge in [0.2, 0.25) is 0 Å². The predicted molar refractivity (Wildman–Crippen MR) is 71.4 cm³/mol. The first-order valence-corrected chi connectivity index (χ1v) is 6.09. The van der Waals surface area contributed by atoms with E-state index < -0.39 is 0 Å². The Bertz CT molecular complexity index is 564. The van der Waals surface area contributed by atoms with Crippen molar-refractivity contribution in [2.24, 2.45) is 0 Å². The second kappa shape index (κ2) is 4.36. The maximum Gasteiger partial charge on any atom is 0.134 e. The zero-order chi connectivity index (χ0) is 12.6.